The van der Waals surface area contributed by atoms with Gasteiger partial charge in [-0.05, 0) is 30.2 Å². The Kier molecular flexibility index (Phi) is 5.72. The number of rotatable bonds is 8. The van der Waals surface area contributed by atoms with Crippen LogP contribution in [0.5, 0.6) is 11.5 Å². The lowest BCUT2D eigenvalue weighted by Gasteiger charge is -2.10. The molecule has 0 aliphatic rings. The van der Waals surface area contributed by atoms with Crippen molar-refractivity contribution < 1.29 is 19.3 Å². The van der Waals surface area contributed by atoms with E-state index in [1.165, 1.54) is 12.1 Å². The Hall–Kier alpha value is -3.36. The molecule has 0 heterocycles. The minimum Gasteiger partial charge on any atom is -0.493 e. The van der Waals surface area contributed by atoms with Gasteiger partial charge in [0.1, 0.15) is 5.69 Å². The molecule has 0 saturated heterocycles. The summed E-state index contributed by atoms with van der Waals surface area (Å²) in [4.78, 5) is 20.5. The van der Waals surface area contributed by atoms with Crippen molar-refractivity contribution in [3.05, 3.63) is 62.2 Å². The molecule has 2 aromatic rings. The molecule has 0 atom stereocenters. The van der Waals surface area contributed by atoms with Gasteiger partial charge in [0, 0.05) is 12.6 Å². The number of anilines is 1. The number of ether oxygens (including phenoxy) is 2. The van der Waals surface area contributed by atoms with Crippen molar-refractivity contribution in [1.82, 2.24) is 0 Å². The van der Waals surface area contributed by atoms with Gasteiger partial charge in [-0.25, -0.2) is 0 Å². The molecule has 0 unspecified atom stereocenters. The van der Waals surface area contributed by atoms with Gasteiger partial charge in [0.25, 0.3) is 11.4 Å². The summed E-state index contributed by atoms with van der Waals surface area (Å²) in [5.74, 6) is 1.21. The highest BCUT2D eigenvalue weighted by molar-refractivity contribution is 5.65. The van der Waals surface area contributed by atoms with Gasteiger partial charge in [-0.3, -0.25) is 20.2 Å². The van der Waals surface area contributed by atoms with Crippen LogP contribution in [0.3, 0.4) is 0 Å². The molecule has 0 radical (unpaired) electrons. The standard InChI is InChI=1S/C16H17N3O6/c1-24-15-6-3-11(9-16(15)25-2)7-8-17-13-5-4-12(18(20)21)10-14(13)19(22)23/h3-6,9-10,17H,7-8H2,1-2H3. The molecule has 0 spiro atoms. The van der Waals surface area contributed by atoms with E-state index in [4.69, 9.17) is 9.47 Å². The van der Waals surface area contributed by atoms with Crippen LogP contribution in [0.25, 0.3) is 0 Å². The molecule has 0 bridgehead atoms. The lowest BCUT2D eigenvalue weighted by atomic mass is 10.1. The second-order valence-corrected chi connectivity index (χ2v) is 5.08. The maximum absolute atomic E-state index is 11.1. The first-order chi connectivity index (χ1) is 12.0. The summed E-state index contributed by atoms with van der Waals surface area (Å²) in [6, 6.07) is 8.98. The van der Waals surface area contributed by atoms with E-state index in [2.05, 4.69) is 5.32 Å². The Morgan fingerprint density at radius 1 is 0.960 bits per heavy atom. The molecule has 0 amide bonds. The summed E-state index contributed by atoms with van der Waals surface area (Å²) in [5, 5.41) is 24.8. The highest BCUT2D eigenvalue weighted by atomic mass is 16.6. The first-order valence-corrected chi connectivity index (χ1v) is 7.34. The Labute approximate surface area is 143 Å². The minimum absolute atomic E-state index is 0.232. The van der Waals surface area contributed by atoms with Crippen molar-refractivity contribution in [2.45, 2.75) is 6.42 Å². The van der Waals surface area contributed by atoms with Crippen molar-refractivity contribution in [3.63, 3.8) is 0 Å². The monoisotopic (exact) mass is 347 g/mol. The molecule has 0 aromatic heterocycles. The number of benzene rings is 2. The molecule has 25 heavy (non-hydrogen) atoms. The van der Waals surface area contributed by atoms with Crippen molar-refractivity contribution in [3.8, 4) is 11.5 Å². The zero-order valence-electron chi connectivity index (χ0n) is 13.7. The number of nitro benzene ring substituents is 2. The number of non-ortho nitro benzene ring substituents is 1. The van der Waals surface area contributed by atoms with Crippen LogP contribution in [0.1, 0.15) is 5.56 Å². The van der Waals surface area contributed by atoms with Gasteiger partial charge >= 0.3 is 0 Å². The Balaban J connectivity index is 2.09. The second-order valence-electron chi connectivity index (χ2n) is 5.08. The third-order valence-corrected chi connectivity index (χ3v) is 3.57. The number of nitro groups is 2. The molecule has 0 aliphatic heterocycles. The number of hydrogen-bond donors (Lipinski definition) is 1. The van der Waals surface area contributed by atoms with E-state index >= 15 is 0 Å². The normalized spacial score (nSPS) is 10.2. The lowest BCUT2D eigenvalue weighted by Crippen LogP contribution is -2.07. The predicted octanol–water partition coefficient (Wildman–Crippen LogP) is 3.17. The molecule has 0 saturated carbocycles. The fourth-order valence-corrected chi connectivity index (χ4v) is 2.31. The highest BCUT2D eigenvalue weighted by Crippen LogP contribution is 2.30. The quantitative estimate of drug-likeness (QED) is 0.575. The van der Waals surface area contributed by atoms with Gasteiger partial charge in [-0.1, -0.05) is 6.07 Å². The van der Waals surface area contributed by atoms with E-state index in [-0.39, 0.29) is 17.1 Å². The van der Waals surface area contributed by atoms with Gasteiger partial charge in [0.15, 0.2) is 11.5 Å². The van der Waals surface area contributed by atoms with E-state index in [1.807, 2.05) is 12.1 Å². The number of nitrogens with one attached hydrogen (secondary N) is 1. The minimum atomic E-state index is -0.666. The fraction of sp³-hybridized carbons (Fsp3) is 0.250. The molecule has 9 heteroatoms. The van der Waals surface area contributed by atoms with E-state index in [9.17, 15) is 20.2 Å². The summed E-state index contributed by atoms with van der Waals surface area (Å²) in [5.41, 5.74) is 0.532. The molecular formula is C16H17N3O6. The number of methoxy groups -OCH3 is 2. The maximum Gasteiger partial charge on any atom is 0.299 e. The average Bonchev–Trinajstić information content (AvgIpc) is 2.61. The molecule has 0 fully saturated rings. The van der Waals surface area contributed by atoms with Crippen LogP contribution in [0.4, 0.5) is 17.1 Å². The van der Waals surface area contributed by atoms with Crippen LogP contribution in [0.15, 0.2) is 36.4 Å². The van der Waals surface area contributed by atoms with E-state index in [0.717, 1.165) is 11.6 Å². The lowest BCUT2D eigenvalue weighted by molar-refractivity contribution is -0.393. The largest absolute Gasteiger partial charge is 0.493 e. The number of nitrogens with zero attached hydrogens (tertiary/aromatic N) is 2. The summed E-state index contributed by atoms with van der Waals surface area (Å²) in [6.45, 7) is 0.411. The first kappa shape index (κ1) is 18.0. The smallest absolute Gasteiger partial charge is 0.299 e. The summed E-state index contributed by atoms with van der Waals surface area (Å²) >= 11 is 0. The Morgan fingerprint density at radius 2 is 1.68 bits per heavy atom. The zero-order valence-corrected chi connectivity index (χ0v) is 13.7. The van der Waals surface area contributed by atoms with Gasteiger partial charge in [0.05, 0.1) is 30.1 Å². The SMILES string of the molecule is COc1ccc(CCNc2ccc([N+](=O)[O-])cc2[N+](=O)[O-])cc1OC. The zero-order chi connectivity index (χ0) is 18.4. The number of hydrogen-bond acceptors (Lipinski definition) is 7. The van der Waals surface area contributed by atoms with Crippen molar-refractivity contribution >= 4 is 17.1 Å². The first-order valence-electron chi connectivity index (χ1n) is 7.34. The highest BCUT2D eigenvalue weighted by Gasteiger charge is 2.19. The van der Waals surface area contributed by atoms with Gasteiger partial charge in [0.2, 0.25) is 0 Å². The van der Waals surface area contributed by atoms with Crippen LogP contribution in [0.2, 0.25) is 0 Å². The van der Waals surface area contributed by atoms with Crippen LogP contribution < -0.4 is 14.8 Å². The molecule has 2 rings (SSSR count). The average molecular weight is 347 g/mol. The van der Waals surface area contributed by atoms with Gasteiger partial charge in [-0.15, -0.1) is 0 Å². The van der Waals surface area contributed by atoms with Gasteiger partial charge in [-0.2, -0.15) is 0 Å². The van der Waals surface area contributed by atoms with Gasteiger partial charge < -0.3 is 14.8 Å². The Morgan fingerprint density at radius 3 is 2.28 bits per heavy atom. The van der Waals surface area contributed by atoms with Crippen LogP contribution in [-0.2, 0) is 6.42 Å². The third kappa shape index (κ3) is 4.34. The van der Waals surface area contributed by atoms with Crippen molar-refractivity contribution in [1.29, 1.82) is 0 Å². The van der Waals surface area contributed by atoms with Crippen LogP contribution >= 0.6 is 0 Å². The maximum atomic E-state index is 11.1. The summed E-state index contributed by atoms with van der Waals surface area (Å²) in [7, 11) is 3.09. The van der Waals surface area contributed by atoms with E-state index in [1.54, 1.807) is 20.3 Å². The topological polar surface area (TPSA) is 117 Å². The third-order valence-electron chi connectivity index (χ3n) is 3.57. The molecule has 0 aliphatic carbocycles. The van der Waals surface area contributed by atoms with Crippen LogP contribution in [0, 0.1) is 20.2 Å². The fourth-order valence-electron chi connectivity index (χ4n) is 2.31. The van der Waals surface area contributed by atoms with E-state index in [0.29, 0.717) is 24.5 Å². The summed E-state index contributed by atoms with van der Waals surface area (Å²) < 4.78 is 10.4. The van der Waals surface area contributed by atoms with E-state index < -0.39 is 9.85 Å². The summed E-state index contributed by atoms with van der Waals surface area (Å²) in [6.07, 6.45) is 0.578. The second kappa shape index (κ2) is 7.95. The molecular weight excluding hydrogens is 330 g/mol. The molecule has 2 aromatic carbocycles. The van der Waals surface area contributed by atoms with Crippen LogP contribution in [-0.4, -0.2) is 30.6 Å². The van der Waals surface area contributed by atoms with Crippen molar-refractivity contribution in [2.75, 3.05) is 26.1 Å². The predicted molar refractivity (Wildman–Crippen MR) is 91.5 cm³/mol. The molecule has 9 nitrogen and oxygen atoms in total. The molecule has 132 valence electrons. The van der Waals surface area contributed by atoms with Crippen molar-refractivity contribution in [2.24, 2.45) is 0 Å². The Bertz CT molecular complexity index is 793. The molecule has 1 N–H and O–H groups in total.